The second-order valence-electron chi connectivity index (χ2n) is 8.74. The fourth-order valence-corrected chi connectivity index (χ4v) is 4.74. The topological polar surface area (TPSA) is 38.8 Å². The first-order chi connectivity index (χ1) is 14.4. The molecule has 2 aromatic rings. The van der Waals surface area contributed by atoms with E-state index in [9.17, 15) is 4.79 Å². The van der Waals surface area contributed by atoms with Gasteiger partial charge in [0.15, 0.2) is 0 Å². The summed E-state index contributed by atoms with van der Waals surface area (Å²) in [4.78, 5) is 14.4. The molecule has 0 unspecified atom stereocenters. The Morgan fingerprint density at radius 2 is 1.83 bits per heavy atom. The molecule has 4 nitrogen and oxygen atoms in total. The van der Waals surface area contributed by atoms with Crippen molar-refractivity contribution in [1.29, 1.82) is 0 Å². The number of rotatable bonds is 8. The maximum absolute atomic E-state index is 12.4. The summed E-state index contributed by atoms with van der Waals surface area (Å²) < 4.78 is 11.9. The lowest BCUT2D eigenvalue weighted by atomic mass is 9.66. The van der Waals surface area contributed by atoms with E-state index in [1.165, 1.54) is 5.56 Å². The average molecular weight is 410 g/mol. The van der Waals surface area contributed by atoms with Crippen LogP contribution >= 0.6 is 0 Å². The van der Waals surface area contributed by atoms with Crippen molar-refractivity contribution in [1.82, 2.24) is 4.90 Å². The van der Waals surface area contributed by atoms with Gasteiger partial charge in [0.05, 0.1) is 12.7 Å². The van der Waals surface area contributed by atoms with E-state index in [0.717, 1.165) is 43.6 Å². The summed E-state index contributed by atoms with van der Waals surface area (Å²) in [6, 6.07) is 18.5. The maximum Gasteiger partial charge on any atom is 0.219 e. The molecule has 0 saturated carbocycles. The Balaban J connectivity index is 1.89. The van der Waals surface area contributed by atoms with Crippen LogP contribution in [-0.4, -0.2) is 36.7 Å². The molecule has 0 aliphatic carbocycles. The number of ether oxygens (including phenoxy) is 2. The van der Waals surface area contributed by atoms with Gasteiger partial charge in [-0.2, -0.15) is 0 Å². The molecule has 30 heavy (non-hydrogen) atoms. The maximum atomic E-state index is 12.4. The van der Waals surface area contributed by atoms with Crippen molar-refractivity contribution in [3.63, 3.8) is 0 Å². The molecule has 4 heteroatoms. The van der Waals surface area contributed by atoms with E-state index in [0.29, 0.717) is 13.1 Å². The molecule has 0 aromatic heterocycles. The van der Waals surface area contributed by atoms with Crippen molar-refractivity contribution in [2.75, 3.05) is 20.3 Å². The third-order valence-corrected chi connectivity index (χ3v) is 6.69. The second-order valence-corrected chi connectivity index (χ2v) is 8.74. The summed E-state index contributed by atoms with van der Waals surface area (Å²) in [5, 5.41) is 0. The predicted molar refractivity (Wildman–Crippen MR) is 121 cm³/mol. The van der Waals surface area contributed by atoms with Gasteiger partial charge < -0.3 is 14.4 Å². The van der Waals surface area contributed by atoms with Crippen LogP contribution < -0.4 is 4.74 Å². The normalized spacial score (nSPS) is 23.7. The Hall–Kier alpha value is -2.33. The van der Waals surface area contributed by atoms with Crippen molar-refractivity contribution in [3.8, 4) is 5.75 Å². The molecule has 2 aromatic carbocycles. The van der Waals surface area contributed by atoms with Crippen LogP contribution in [0.3, 0.4) is 0 Å². The van der Waals surface area contributed by atoms with Crippen molar-refractivity contribution in [2.45, 2.75) is 64.0 Å². The van der Waals surface area contributed by atoms with E-state index >= 15 is 0 Å². The molecule has 0 radical (unpaired) electrons. The summed E-state index contributed by atoms with van der Waals surface area (Å²) in [5.41, 5.74) is 2.14. The first kappa shape index (κ1) is 22.4. The molecular weight excluding hydrogens is 374 g/mol. The number of hydrogen-bond donors (Lipinski definition) is 0. The van der Waals surface area contributed by atoms with Crippen molar-refractivity contribution >= 4 is 5.91 Å². The van der Waals surface area contributed by atoms with Gasteiger partial charge in [0, 0.05) is 37.6 Å². The number of carbonyl (C=O) groups is 1. The molecule has 0 spiro atoms. The molecule has 2 atom stereocenters. The molecule has 0 N–H and O–H groups in total. The zero-order chi connectivity index (χ0) is 21.6. The summed E-state index contributed by atoms with van der Waals surface area (Å²) in [5.74, 6) is 1.04. The second kappa shape index (κ2) is 9.65. The Bertz CT molecular complexity index is 837. The number of nitrogens with zero attached hydrogens (tertiary/aromatic N) is 1. The van der Waals surface area contributed by atoms with Gasteiger partial charge in [-0.25, -0.2) is 0 Å². The van der Waals surface area contributed by atoms with E-state index in [4.69, 9.17) is 9.47 Å². The van der Waals surface area contributed by atoms with Crippen molar-refractivity contribution in [3.05, 3.63) is 65.7 Å². The zero-order valence-electron chi connectivity index (χ0n) is 18.8. The van der Waals surface area contributed by atoms with Gasteiger partial charge in [0.1, 0.15) is 5.75 Å². The Morgan fingerprint density at radius 1 is 1.13 bits per heavy atom. The summed E-state index contributed by atoms with van der Waals surface area (Å²) in [6.07, 6.45) is 3.71. The molecule has 1 saturated heterocycles. The van der Waals surface area contributed by atoms with Gasteiger partial charge in [-0.3, -0.25) is 4.79 Å². The molecule has 1 aliphatic rings. The average Bonchev–Trinajstić information content (AvgIpc) is 2.77. The minimum atomic E-state index is -0.167. The van der Waals surface area contributed by atoms with Crippen LogP contribution in [-0.2, 0) is 21.5 Å². The van der Waals surface area contributed by atoms with E-state index < -0.39 is 0 Å². The minimum absolute atomic E-state index is 0.0833. The van der Waals surface area contributed by atoms with Crippen molar-refractivity contribution in [2.24, 2.45) is 0 Å². The SMILES string of the molecule is CC[C@@]1(C)C[C@](CCN(Cc2ccccc2)C(C)=O)(c2ccccc2OC)CCO1. The van der Waals surface area contributed by atoms with Gasteiger partial charge in [0.2, 0.25) is 5.91 Å². The van der Waals surface area contributed by atoms with Crippen LogP contribution in [0, 0.1) is 0 Å². The largest absolute Gasteiger partial charge is 0.496 e. The van der Waals surface area contributed by atoms with E-state index in [-0.39, 0.29) is 16.9 Å². The first-order valence-electron chi connectivity index (χ1n) is 11.0. The van der Waals surface area contributed by atoms with Crippen molar-refractivity contribution < 1.29 is 14.3 Å². The van der Waals surface area contributed by atoms with Gasteiger partial charge in [-0.05, 0) is 44.2 Å². The number of carbonyl (C=O) groups excluding carboxylic acids is 1. The van der Waals surface area contributed by atoms with Crippen LogP contribution in [0.4, 0.5) is 0 Å². The van der Waals surface area contributed by atoms with Gasteiger partial charge in [-0.1, -0.05) is 55.5 Å². The van der Waals surface area contributed by atoms with Crippen LogP contribution in [0.15, 0.2) is 54.6 Å². The van der Waals surface area contributed by atoms with Crippen LogP contribution in [0.1, 0.15) is 57.6 Å². The number of para-hydroxylation sites is 1. The molecule has 1 fully saturated rings. The highest BCUT2D eigenvalue weighted by atomic mass is 16.5. The lowest BCUT2D eigenvalue weighted by Gasteiger charge is -2.47. The highest BCUT2D eigenvalue weighted by Gasteiger charge is 2.44. The number of benzene rings is 2. The molecule has 1 aliphatic heterocycles. The van der Waals surface area contributed by atoms with Crippen LogP contribution in [0.5, 0.6) is 5.75 Å². The summed E-state index contributed by atoms with van der Waals surface area (Å²) >= 11 is 0. The van der Waals surface area contributed by atoms with Gasteiger partial charge in [0.25, 0.3) is 0 Å². The van der Waals surface area contributed by atoms with Crippen LogP contribution in [0.2, 0.25) is 0 Å². The Kier molecular flexibility index (Phi) is 7.19. The van der Waals surface area contributed by atoms with E-state index in [1.807, 2.05) is 35.2 Å². The number of methoxy groups -OCH3 is 1. The van der Waals surface area contributed by atoms with Gasteiger partial charge in [-0.15, -0.1) is 0 Å². The standard InChI is InChI=1S/C26H35NO3/c1-5-25(3)20-26(16-18-30-25,23-13-9-10-14-24(23)29-4)15-17-27(21(2)28)19-22-11-7-6-8-12-22/h6-14H,5,15-20H2,1-4H3/t25-,26+/m0/s1. The lowest BCUT2D eigenvalue weighted by molar-refractivity contribution is -0.130. The number of amides is 1. The summed E-state index contributed by atoms with van der Waals surface area (Å²) in [7, 11) is 1.74. The zero-order valence-corrected chi connectivity index (χ0v) is 18.8. The molecule has 1 heterocycles. The predicted octanol–water partition coefficient (Wildman–Crippen LogP) is 5.35. The lowest BCUT2D eigenvalue weighted by Crippen LogP contribution is -2.47. The molecular formula is C26H35NO3. The van der Waals surface area contributed by atoms with E-state index in [1.54, 1.807) is 14.0 Å². The van der Waals surface area contributed by atoms with Crippen LogP contribution in [0.25, 0.3) is 0 Å². The third-order valence-electron chi connectivity index (χ3n) is 6.69. The fraction of sp³-hybridized carbons (Fsp3) is 0.500. The van der Waals surface area contributed by atoms with E-state index in [2.05, 4.69) is 38.1 Å². The molecule has 1 amide bonds. The molecule has 162 valence electrons. The molecule has 3 rings (SSSR count). The minimum Gasteiger partial charge on any atom is -0.496 e. The summed E-state index contributed by atoms with van der Waals surface area (Å²) in [6.45, 7) is 8.14. The quantitative estimate of drug-likeness (QED) is 0.590. The molecule has 0 bridgehead atoms. The Labute approximate surface area is 181 Å². The smallest absolute Gasteiger partial charge is 0.219 e. The highest BCUT2D eigenvalue weighted by molar-refractivity contribution is 5.73. The third kappa shape index (κ3) is 5.04. The van der Waals surface area contributed by atoms with Gasteiger partial charge >= 0.3 is 0 Å². The number of hydrogen-bond acceptors (Lipinski definition) is 3. The fourth-order valence-electron chi connectivity index (χ4n) is 4.74. The monoisotopic (exact) mass is 409 g/mol. The Morgan fingerprint density at radius 3 is 2.50 bits per heavy atom. The highest BCUT2D eigenvalue weighted by Crippen LogP contribution is 2.48. The first-order valence-corrected chi connectivity index (χ1v) is 11.0.